The molecule has 8 heteroatoms. The number of anilines is 1. The van der Waals surface area contributed by atoms with Crippen LogP contribution in [0.5, 0.6) is 0 Å². The number of carbonyl (C=O) groups is 2. The average Bonchev–Trinajstić information content (AvgIpc) is 2.63. The molecule has 1 aliphatic rings. The molecule has 1 heterocycles. The lowest BCUT2D eigenvalue weighted by Gasteiger charge is -2.26. The highest BCUT2D eigenvalue weighted by Gasteiger charge is 2.13. The standard InChI is InChI=1S/C17H21N5O3/c18-11-14(12-21-16(23)13-1-3-15(19)4-2-13)17(24)20-5-6-22-7-9-25-10-8-22/h1-4,12H,5-10,19H2,(H,20,24)(H,21,23)/b14-12-. The number of ether oxygens (including phenoxy) is 1. The molecule has 1 fully saturated rings. The van der Waals surface area contributed by atoms with E-state index in [0.717, 1.165) is 19.3 Å². The average molecular weight is 343 g/mol. The van der Waals surface area contributed by atoms with Crippen LogP contribution in [0.2, 0.25) is 0 Å². The van der Waals surface area contributed by atoms with Crippen LogP contribution in [0.25, 0.3) is 0 Å². The molecule has 1 aliphatic heterocycles. The molecule has 2 amide bonds. The molecule has 1 aromatic rings. The number of carbonyl (C=O) groups excluding carboxylic acids is 2. The highest BCUT2D eigenvalue weighted by Crippen LogP contribution is 2.05. The van der Waals surface area contributed by atoms with Crippen LogP contribution in [0.1, 0.15) is 10.4 Å². The molecule has 0 aromatic heterocycles. The largest absolute Gasteiger partial charge is 0.399 e. The number of benzene rings is 1. The molecule has 0 radical (unpaired) electrons. The van der Waals surface area contributed by atoms with Gasteiger partial charge in [-0.1, -0.05) is 0 Å². The monoisotopic (exact) mass is 343 g/mol. The summed E-state index contributed by atoms with van der Waals surface area (Å²) in [7, 11) is 0. The van der Waals surface area contributed by atoms with E-state index in [0.29, 0.717) is 37.6 Å². The maximum Gasteiger partial charge on any atom is 0.263 e. The number of rotatable bonds is 6. The van der Waals surface area contributed by atoms with Gasteiger partial charge >= 0.3 is 0 Å². The minimum absolute atomic E-state index is 0.161. The van der Waals surface area contributed by atoms with Gasteiger partial charge in [-0.15, -0.1) is 0 Å². The van der Waals surface area contributed by atoms with Crippen molar-refractivity contribution in [3.8, 4) is 6.07 Å². The summed E-state index contributed by atoms with van der Waals surface area (Å²) in [6, 6.07) is 8.11. The number of nitrogen functional groups attached to an aromatic ring is 1. The minimum atomic E-state index is -0.520. The number of nitrogens with two attached hydrogens (primary N) is 1. The molecular formula is C17H21N5O3. The quantitative estimate of drug-likeness (QED) is 0.375. The van der Waals surface area contributed by atoms with E-state index in [1.807, 2.05) is 0 Å². The van der Waals surface area contributed by atoms with E-state index in [9.17, 15) is 9.59 Å². The summed E-state index contributed by atoms with van der Waals surface area (Å²) in [5, 5.41) is 14.2. The van der Waals surface area contributed by atoms with Gasteiger partial charge in [0.05, 0.1) is 13.2 Å². The molecule has 0 spiro atoms. The number of morpholine rings is 1. The van der Waals surface area contributed by atoms with Crippen LogP contribution in [0.3, 0.4) is 0 Å². The third-order valence-corrected chi connectivity index (χ3v) is 3.70. The molecule has 25 heavy (non-hydrogen) atoms. The molecule has 132 valence electrons. The summed E-state index contributed by atoms with van der Waals surface area (Å²) in [5.74, 6) is -0.942. The zero-order valence-electron chi connectivity index (χ0n) is 13.8. The number of hydrogen-bond donors (Lipinski definition) is 3. The van der Waals surface area contributed by atoms with Crippen molar-refractivity contribution in [2.24, 2.45) is 0 Å². The predicted octanol–water partition coefficient (Wildman–Crippen LogP) is -0.146. The fourth-order valence-corrected chi connectivity index (χ4v) is 2.25. The van der Waals surface area contributed by atoms with Crippen LogP contribution in [-0.4, -0.2) is 56.1 Å². The van der Waals surface area contributed by atoms with Crippen molar-refractivity contribution in [3.05, 3.63) is 41.6 Å². The molecule has 1 saturated heterocycles. The van der Waals surface area contributed by atoms with Gasteiger partial charge in [0.25, 0.3) is 11.8 Å². The molecule has 0 aliphatic carbocycles. The van der Waals surface area contributed by atoms with Gasteiger partial charge in [0, 0.05) is 43.6 Å². The Morgan fingerprint density at radius 2 is 1.96 bits per heavy atom. The summed E-state index contributed by atoms with van der Waals surface area (Å²) in [6.45, 7) is 4.14. The van der Waals surface area contributed by atoms with Gasteiger partial charge in [0.1, 0.15) is 11.6 Å². The van der Waals surface area contributed by atoms with Crippen molar-refractivity contribution < 1.29 is 14.3 Å². The minimum Gasteiger partial charge on any atom is -0.399 e. The highest BCUT2D eigenvalue weighted by molar-refractivity contribution is 5.99. The van der Waals surface area contributed by atoms with Crippen LogP contribution in [0.15, 0.2) is 36.0 Å². The molecule has 0 unspecified atom stereocenters. The molecule has 0 saturated carbocycles. The fraction of sp³-hybridized carbons (Fsp3) is 0.353. The van der Waals surface area contributed by atoms with Crippen LogP contribution in [0.4, 0.5) is 5.69 Å². The first kappa shape index (κ1) is 18.4. The van der Waals surface area contributed by atoms with E-state index in [-0.39, 0.29) is 5.57 Å². The lowest BCUT2D eigenvalue weighted by molar-refractivity contribution is -0.117. The van der Waals surface area contributed by atoms with Crippen LogP contribution >= 0.6 is 0 Å². The van der Waals surface area contributed by atoms with Crippen molar-refractivity contribution in [1.82, 2.24) is 15.5 Å². The Kier molecular flexibility index (Phi) is 6.95. The molecule has 2 rings (SSSR count). The third-order valence-electron chi connectivity index (χ3n) is 3.70. The highest BCUT2D eigenvalue weighted by atomic mass is 16.5. The second-order valence-corrected chi connectivity index (χ2v) is 5.48. The van der Waals surface area contributed by atoms with E-state index in [1.54, 1.807) is 30.3 Å². The predicted molar refractivity (Wildman–Crippen MR) is 92.3 cm³/mol. The molecular weight excluding hydrogens is 322 g/mol. The van der Waals surface area contributed by atoms with Crippen molar-refractivity contribution in [3.63, 3.8) is 0 Å². The second kappa shape index (κ2) is 9.42. The Morgan fingerprint density at radius 3 is 2.60 bits per heavy atom. The van der Waals surface area contributed by atoms with Crippen LogP contribution in [-0.2, 0) is 9.53 Å². The molecule has 1 aromatic carbocycles. The Morgan fingerprint density at radius 1 is 1.28 bits per heavy atom. The topological polar surface area (TPSA) is 120 Å². The molecule has 8 nitrogen and oxygen atoms in total. The van der Waals surface area contributed by atoms with Gasteiger partial charge in [0.15, 0.2) is 0 Å². The van der Waals surface area contributed by atoms with Gasteiger partial charge in [-0.2, -0.15) is 5.26 Å². The smallest absolute Gasteiger partial charge is 0.263 e. The van der Waals surface area contributed by atoms with E-state index in [4.69, 9.17) is 15.7 Å². The van der Waals surface area contributed by atoms with Crippen molar-refractivity contribution in [2.75, 3.05) is 45.1 Å². The normalized spacial score (nSPS) is 15.2. The first-order valence-corrected chi connectivity index (χ1v) is 7.95. The van der Waals surface area contributed by atoms with Crippen LogP contribution in [0, 0.1) is 11.3 Å². The third kappa shape index (κ3) is 5.91. The first-order valence-electron chi connectivity index (χ1n) is 7.95. The second-order valence-electron chi connectivity index (χ2n) is 5.48. The van der Waals surface area contributed by atoms with Gasteiger partial charge in [-0.3, -0.25) is 14.5 Å². The Bertz CT molecular complexity index is 673. The lowest BCUT2D eigenvalue weighted by atomic mass is 10.2. The summed E-state index contributed by atoms with van der Waals surface area (Å²) < 4.78 is 5.25. The van der Waals surface area contributed by atoms with Gasteiger partial charge in [-0.25, -0.2) is 0 Å². The SMILES string of the molecule is N#C/C(=C/NC(=O)c1ccc(N)cc1)C(=O)NCCN1CCOCC1. The first-order chi connectivity index (χ1) is 12.1. The van der Waals surface area contributed by atoms with Crippen molar-refractivity contribution in [1.29, 1.82) is 5.26 Å². The summed E-state index contributed by atoms with van der Waals surface area (Å²) in [4.78, 5) is 26.1. The maximum absolute atomic E-state index is 12.0. The summed E-state index contributed by atoms with van der Waals surface area (Å²) >= 11 is 0. The molecule has 0 bridgehead atoms. The Labute approximate surface area is 146 Å². The maximum atomic E-state index is 12.0. The van der Waals surface area contributed by atoms with Crippen molar-refractivity contribution in [2.45, 2.75) is 0 Å². The fourth-order valence-electron chi connectivity index (χ4n) is 2.25. The number of nitrogens with one attached hydrogen (secondary N) is 2. The number of nitrogens with zero attached hydrogens (tertiary/aromatic N) is 2. The van der Waals surface area contributed by atoms with E-state index in [2.05, 4.69) is 15.5 Å². The number of hydrogen-bond acceptors (Lipinski definition) is 6. The van der Waals surface area contributed by atoms with Crippen LogP contribution < -0.4 is 16.4 Å². The molecule has 4 N–H and O–H groups in total. The lowest BCUT2D eigenvalue weighted by Crippen LogP contribution is -2.41. The van der Waals surface area contributed by atoms with Crippen molar-refractivity contribution >= 4 is 17.5 Å². The number of amides is 2. The van der Waals surface area contributed by atoms with Gasteiger partial charge in [0.2, 0.25) is 0 Å². The zero-order chi connectivity index (χ0) is 18.1. The van der Waals surface area contributed by atoms with E-state index >= 15 is 0 Å². The molecule has 0 atom stereocenters. The Balaban J connectivity index is 1.81. The summed E-state index contributed by atoms with van der Waals surface area (Å²) in [5.41, 5.74) is 6.33. The van der Waals surface area contributed by atoms with E-state index in [1.165, 1.54) is 0 Å². The van der Waals surface area contributed by atoms with Gasteiger partial charge < -0.3 is 21.1 Å². The number of nitriles is 1. The van der Waals surface area contributed by atoms with E-state index < -0.39 is 11.8 Å². The zero-order valence-corrected chi connectivity index (χ0v) is 13.8. The Hall–Kier alpha value is -2.89. The van der Waals surface area contributed by atoms with Gasteiger partial charge in [-0.05, 0) is 24.3 Å². The summed E-state index contributed by atoms with van der Waals surface area (Å²) in [6.07, 6.45) is 1.11.